The summed E-state index contributed by atoms with van der Waals surface area (Å²) in [6.45, 7) is 4.49. The number of aryl methyl sites for hydroxylation is 2. The van der Waals surface area contributed by atoms with E-state index in [0.717, 1.165) is 50.1 Å². The molecular weight excluding hydrogens is 765 g/mol. The summed E-state index contributed by atoms with van der Waals surface area (Å²) in [5.74, 6) is 0. The molecule has 63 heavy (non-hydrogen) atoms. The number of benzene rings is 10. The highest BCUT2D eigenvalue weighted by Crippen LogP contribution is 2.43. The number of hydrogen-bond donors (Lipinski definition) is 0. The van der Waals surface area contributed by atoms with Crippen LogP contribution in [0.15, 0.2) is 223 Å². The lowest BCUT2D eigenvalue weighted by Crippen LogP contribution is -2.13. The lowest BCUT2D eigenvalue weighted by Gasteiger charge is -2.29. The Morgan fingerprint density at radius 3 is 1.62 bits per heavy atom. The molecule has 12 rings (SSSR count). The zero-order valence-corrected chi connectivity index (χ0v) is 35.1. The van der Waals surface area contributed by atoms with Crippen LogP contribution in [-0.2, 0) is 0 Å². The van der Waals surface area contributed by atoms with Crippen LogP contribution in [0.5, 0.6) is 0 Å². The lowest BCUT2D eigenvalue weighted by atomic mass is 9.96. The number of aromatic nitrogens is 1. The molecule has 0 aliphatic heterocycles. The first-order chi connectivity index (χ1) is 31.1. The molecule has 0 unspecified atom stereocenters. The molecule has 3 nitrogen and oxygen atoms in total. The van der Waals surface area contributed by atoms with E-state index in [-0.39, 0.29) is 0 Å². The molecule has 0 saturated carbocycles. The molecule has 0 spiro atoms. The van der Waals surface area contributed by atoms with Gasteiger partial charge in [-0.05, 0) is 148 Å². The highest BCUT2D eigenvalue weighted by Gasteiger charge is 2.20. The van der Waals surface area contributed by atoms with Gasteiger partial charge < -0.3 is 13.9 Å². The van der Waals surface area contributed by atoms with E-state index >= 15 is 0 Å². The molecule has 0 aliphatic rings. The van der Waals surface area contributed by atoms with Crippen LogP contribution in [0.3, 0.4) is 0 Å². The van der Waals surface area contributed by atoms with Gasteiger partial charge >= 0.3 is 0 Å². The Labute approximate surface area is 366 Å². The van der Waals surface area contributed by atoms with Crippen LogP contribution < -0.4 is 4.90 Å². The smallest absolute Gasteiger partial charge is 0.136 e. The summed E-state index contributed by atoms with van der Waals surface area (Å²) >= 11 is 0. The maximum Gasteiger partial charge on any atom is 0.136 e. The number of furan rings is 1. The molecule has 10 aromatic carbocycles. The van der Waals surface area contributed by atoms with Gasteiger partial charge in [0, 0.05) is 38.6 Å². The first kappa shape index (κ1) is 36.7. The van der Waals surface area contributed by atoms with Crippen LogP contribution in [0, 0.1) is 13.8 Å². The molecule has 0 radical (unpaired) electrons. The summed E-state index contributed by atoms with van der Waals surface area (Å²) in [7, 11) is 0. The van der Waals surface area contributed by atoms with Crippen LogP contribution in [-0.4, -0.2) is 4.57 Å². The monoisotopic (exact) mass is 806 g/mol. The van der Waals surface area contributed by atoms with E-state index in [4.69, 9.17) is 4.42 Å². The Morgan fingerprint density at radius 2 is 0.905 bits per heavy atom. The second-order valence-electron chi connectivity index (χ2n) is 16.6. The van der Waals surface area contributed by atoms with E-state index in [1.165, 1.54) is 71.6 Å². The second kappa shape index (κ2) is 14.8. The van der Waals surface area contributed by atoms with Crippen molar-refractivity contribution in [3.8, 4) is 39.1 Å². The van der Waals surface area contributed by atoms with Crippen LogP contribution >= 0.6 is 0 Å². The SMILES string of the molecule is Cc1cc(-c2cccc(-n3c4ccccc4c4ccccc43)c2)cc(C)c1N(c1ccc(-c2ccc3c(c2)oc2ccccc23)cc1)c1ccc(-c2cccc3ccccc23)cc1. The van der Waals surface area contributed by atoms with Gasteiger partial charge in [0.05, 0.1) is 16.7 Å². The number of hydrogen-bond acceptors (Lipinski definition) is 2. The van der Waals surface area contributed by atoms with Crippen LogP contribution in [0.25, 0.3) is 93.6 Å². The van der Waals surface area contributed by atoms with Gasteiger partial charge in [-0.15, -0.1) is 0 Å². The van der Waals surface area contributed by atoms with Crippen molar-refractivity contribution < 1.29 is 4.42 Å². The standard InChI is InChI=1S/C60H42N2O/c1-39-35-46(44-15-11-16-49(37-44)62-56-22-8-5-18-52(56)53-19-6-9-23-57(53)62)36-40(2)60(39)61(48-32-27-43(28-33-48)51-21-12-14-42-13-3-4-17-50(42)51)47-30-25-41(26-31-47)45-29-34-55-54-20-7-10-24-58(54)63-59(55)38-45/h3-38H,1-2H3. The third-order valence-electron chi connectivity index (χ3n) is 12.8. The molecule has 0 amide bonds. The van der Waals surface area contributed by atoms with E-state index < -0.39 is 0 Å². The molecule has 2 heterocycles. The van der Waals surface area contributed by atoms with E-state index in [1.54, 1.807) is 0 Å². The predicted octanol–water partition coefficient (Wildman–Crippen LogP) is 16.9. The molecule has 0 fully saturated rings. The molecule has 0 aliphatic carbocycles. The Morgan fingerprint density at radius 1 is 0.365 bits per heavy atom. The summed E-state index contributed by atoms with van der Waals surface area (Å²) in [6, 6.07) is 79.1. The normalized spacial score (nSPS) is 11.7. The summed E-state index contributed by atoms with van der Waals surface area (Å²) in [5.41, 5.74) is 18.2. The number of para-hydroxylation sites is 3. The number of anilines is 3. The van der Waals surface area contributed by atoms with Crippen molar-refractivity contribution in [1.29, 1.82) is 0 Å². The van der Waals surface area contributed by atoms with Crippen molar-refractivity contribution in [2.24, 2.45) is 0 Å². The molecule has 0 N–H and O–H groups in total. The maximum atomic E-state index is 6.28. The van der Waals surface area contributed by atoms with E-state index in [2.05, 4.69) is 230 Å². The predicted molar refractivity (Wildman–Crippen MR) is 266 cm³/mol. The summed E-state index contributed by atoms with van der Waals surface area (Å²) in [4.78, 5) is 2.42. The average Bonchev–Trinajstić information content (AvgIpc) is 3.88. The van der Waals surface area contributed by atoms with Gasteiger partial charge in [0.1, 0.15) is 11.2 Å². The zero-order valence-electron chi connectivity index (χ0n) is 35.1. The van der Waals surface area contributed by atoms with Crippen LogP contribution in [0.1, 0.15) is 11.1 Å². The fraction of sp³-hybridized carbons (Fsp3) is 0.0333. The van der Waals surface area contributed by atoms with E-state index in [0.29, 0.717) is 0 Å². The van der Waals surface area contributed by atoms with Crippen molar-refractivity contribution in [3.05, 3.63) is 230 Å². The first-order valence-corrected chi connectivity index (χ1v) is 21.7. The Bertz CT molecular complexity index is 3620. The molecule has 0 bridgehead atoms. The second-order valence-corrected chi connectivity index (χ2v) is 16.6. The molecule has 0 atom stereocenters. The minimum absolute atomic E-state index is 0.901. The van der Waals surface area contributed by atoms with Crippen LogP contribution in [0.4, 0.5) is 17.1 Å². The van der Waals surface area contributed by atoms with Gasteiger partial charge in [-0.3, -0.25) is 0 Å². The third-order valence-corrected chi connectivity index (χ3v) is 12.8. The fourth-order valence-electron chi connectivity index (χ4n) is 9.88. The summed E-state index contributed by atoms with van der Waals surface area (Å²) in [5, 5.41) is 7.30. The maximum absolute atomic E-state index is 6.28. The highest BCUT2D eigenvalue weighted by atomic mass is 16.3. The Kier molecular flexibility index (Phi) is 8.62. The van der Waals surface area contributed by atoms with Crippen molar-refractivity contribution in [2.75, 3.05) is 4.90 Å². The summed E-state index contributed by atoms with van der Waals surface area (Å²) in [6.07, 6.45) is 0. The molecule has 12 aromatic rings. The Balaban J connectivity index is 0.954. The number of nitrogens with zero attached hydrogens (tertiary/aromatic N) is 2. The highest BCUT2D eigenvalue weighted by molar-refractivity contribution is 6.09. The minimum Gasteiger partial charge on any atom is -0.456 e. The topological polar surface area (TPSA) is 21.3 Å². The third kappa shape index (κ3) is 6.20. The first-order valence-electron chi connectivity index (χ1n) is 21.7. The fourth-order valence-corrected chi connectivity index (χ4v) is 9.88. The average molecular weight is 807 g/mol. The lowest BCUT2D eigenvalue weighted by molar-refractivity contribution is 0.669. The van der Waals surface area contributed by atoms with Gasteiger partial charge in [0.15, 0.2) is 0 Å². The van der Waals surface area contributed by atoms with Gasteiger partial charge in [0.25, 0.3) is 0 Å². The van der Waals surface area contributed by atoms with Crippen molar-refractivity contribution >= 4 is 71.6 Å². The van der Waals surface area contributed by atoms with Crippen molar-refractivity contribution in [3.63, 3.8) is 0 Å². The van der Waals surface area contributed by atoms with Gasteiger partial charge in [-0.2, -0.15) is 0 Å². The molecular formula is C60H42N2O. The van der Waals surface area contributed by atoms with Crippen LogP contribution in [0.2, 0.25) is 0 Å². The quantitative estimate of drug-likeness (QED) is 0.160. The van der Waals surface area contributed by atoms with E-state index in [9.17, 15) is 0 Å². The summed E-state index contributed by atoms with van der Waals surface area (Å²) < 4.78 is 8.67. The number of fused-ring (bicyclic) bond motifs is 7. The zero-order chi connectivity index (χ0) is 42.0. The van der Waals surface area contributed by atoms with Gasteiger partial charge in [-0.25, -0.2) is 0 Å². The Hall–Kier alpha value is -8.14. The van der Waals surface area contributed by atoms with Crippen molar-refractivity contribution in [1.82, 2.24) is 4.57 Å². The molecule has 2 aromatic heterocycles. The molecule has 298 valence electrons. The largest absolute Gasteiger partial charge is 0.456 e. The van der Waals surface area contributed by atoms with E-state index in [1.807, 2.05) is 12.1 Å². The molecule has 3 heteroatoms. The molecule has 0 saturated heterocycles. The van der Waals surface area contributed by atoms with Gasteiger partial charge in [-0.1, -0.05) is 140 Å². The minimum atomic E-state index is 0.901. The van der Waals surface area contributed by atoms with Gasteiger partial charge in [0.2, 0.25) is 0 Å². The van der Waals surface area contributed by atoms with Crippen molar-refractivity contribution in [2.45, 2.75) is 13.8 Å². The number of rotatable bonds is 7.